The fraction of sp³-hybridized carbons (Fsp3) is 0.278. The van der Waals surface area contributed by atoms with E-state index >= 15 is 0 Å². The van der Waals surface area contributed by atoms with Crippen molar-refractivity contribution in [1.82, 2.24) is 9.55 Å². The highest BCUT2D eigenvalue weighted by Gasteiger charge is 2.15. The lowest BCUT2D eigenvalue weighted by molar-refractivity contribution is 0.536. The van der Waals surface area contributed by atoms with Crippen LogP contribution < -0.4 is 0 Å². The number of rotatable bonds is 3. The van der Waals surface area contributed by atoms with E-state index in [0.29, 0.717) is 5.92 Å². The minimum absolute atomic E-state index is 0.546. The number of benzene rings is 2. The molecule has 0 saturated carbocycles. The highest BCUT2D eigenvalue weighted by atomic mass is 35.5. The maximum absolute atomic E-state index is 6.17. The molecule has 0 amide bonds. The largest absolute Gasteiger partial charge is 0.324 e. The molecule has 2 nitrogen and oxygen atoms in total. The molecule has 3 aromatic rings. The normalized spacial score (nSPS) is 11.5. The van der Waals surface area contributed by atoms with Crippen molar-refractivity contribution in [2.75, 3.05) is 0 Å². The molecule has 0 N–H and O–H groups in total. The molecule has 1 heterocycles. The van der Waals surface area contributed by atoms with E-state index in [1.54, 1.807) is 0 Å². The fourth-order valence-electron chi connectivity index (χ4n) is 2.68. The van der Waals surface area contributed by atoms with Crippen LogP contribution in [-0.2, 0) is 6.54 Å². The lowest BCUT2D eigenvalue weighted by Gasteiger charge is -2.13. The van der Waals surface area contributed by atoms with Gasteiger partial charge in [0.05, 0.1) is 11.0 Å². The van der Waals surface area contributed by atoms with Crippen LogP contribution in [0.25, 0.3) is 22.4 Å². The van der Waals surface area contributed by atoms with Gasteiger partial charge < -0.3 is 4.57 Å². The molecule has 0 spiro atoms. The second-order valence-corrected chi connectivity index (χ2v) is 6.32. The van der Waals surface area contributed by atoms with Gasteiger partial charge in [0, 0.05) is 17.1 Å². The molecule has 0 aliphatic rings. The Bertz CT molecular complexity index is 787. The number of nitrogens with zero attached hydrogens (tertiary/aromatic N) is 2. The van der Waals surface area contributed by atoms with Gasteiger partial charge in [0.1, 0.15) is 5.82 Å². The van der Waals surface area contributed by atoms with E-state index in [4.69, 9.17) is 16.6 Å². The SMILES string of the molecule is Cc1ccccc1-c1nc2ccc(Cl)cc2n1CC(C)C. The summed E-state index contributed by atoms with van der Waals surface area (Å²) < 4.78 is 2.29. The lowest BCUT2D eigenvalue weighted by Crippen LogP contribution is -2.06. The highest BCUT2D eigenvalue weighted by Crippen LogP contribution is 2.29. The third-order valence-corrected chi connectivity index (χ3v) is 3.88. The maximum Gasteiger partial charge on any atom is 0.141 e. The van der Waals surface area contributed by atoms with Gasteiger partial charge in [0.15, 0.2) is 0 Å². The first-order chi connectivity index (χ1) is 10.1. The van der Waals surface area contributed by atoms with Gasteiger partial charge in [-0.25, -0.2) is 4.98 Å². The number of hydrogen-bond acceptors (Lipinski definition) is 1. The van der Waals surface area contributed by atoms with E-state index in [2.05, 4.69) is 49.6 Å². The van der Waals surface area contributed by atoms with E-state index in [-0.39, 0.29) is 0 Å². The van der Waals surface area contributed by atoms with E-state index in [9.17, 15) is 0 Å². The molecule has 0 aliphatic heterocycles. The van der Waals surface area contributed by atoms with Crippen molar-refractivity contribution in [3.63, 3.8) is 0 Å². The Morgan fingerprint density at radius 1 is 1.14 bits per heavy atom. The van der Waals surface area contributed by atoms with Crippen LogP contribution in [0.2, 0.25) is 5.02 Å². The molecular formula is C18H19ClN2. The zero-order valence-corrected chi connectivity index (χ0v) is 13.4. The zero-order chi connectivity index (χ0) is 15.0. The Balaban J connectivity index is 2.29. The standard InChI is InChI=1S/C18H19ClN2/c1-12(2)11-21-17-10-14(19)8-9-16(17)20-18(21)15-7-5-4-6-13(15)3/h4-10,12H,11H2,1-3H3. The summed E-state index contributed by atoms with van der Waals surface area (Å²) in [5.74, 6) is 1.57. The molecule has 3 heteroatoms. The second-order valence-electron chi connectivity index (χ2n) is 5.89. The summed E-state index contributed by atoms with van der Waals surface area (Å²) in [6.45, 7) is 7.50. The number of aryl methyl sites for hydroxylation is 1. The van der Waals surface area contributed by atoms with Gasteiger partial charge in [-0.2, -0.15) is 0 Å². The van der Waals surface area contributed by atoms with E-state index in [1.165, 1.54) is 11.1 Å². The van der Waals surface area contributed by atoms with Gasteiger partial charge >= 0.3 is 0 Å². The lowest BCUT2D eigenvalue weighted by atomic mass is 10.1. The molecule has 0 fully saturated rings. The molecular weight excluding hydrogens is 280 g/mol. The third-order valence-electron chi connectivity index (χ3n) is 3.64. The van der Waals surface area contributed by atoms with Crippen LogP contribution in [0.3, 0.4) is 0 Å². The van der Waals surface area contributed by atoms with Crippen molar-refractivity contribution in [3.8, 4) is 11.4 Å². The minimum atomic E-state index is 0.546. The summed E-state index contributed by atoms with van der Waals surface area (Å²) in [6.07, 6.45) is 0. The van der Waals surface area contributed by atoms with Gasteiger partial charge in [-0.15, -0.1) is 0 Å². The number of halogens is 1. The average molecular weight is 299 g/mol. The van der Waals surface area contributed by atoms with Crippen LogP contribution in [0, 0.1) is 12.8 Å². The zero-order valence-electron chi connectivity index (χ0n) is 12.6. The van der Waals surface area contributed by atoms with E-state index in [0.717, 1.165) is 28.4 Å². The predicted molar refractivity (Wildman–Crippen MR) is 89.8 cm³/mol. The molecule has 2 aromatic carbocycles. The summed E-state index contributed by atoms with van der Waals surface area (Å²) in [7, 11) is 0. The number of fused-ring (bicyclic) bond motifs is 1. The van der Waals surface area contributed by atoms with Crippen LogP contribution in [-0.4, -0.2) is 9.55 Å². The number of hydrogen-bond donors (Lipinski definition) is 0. The number of aromatic nitrogens is 2. The summed E-state index contributed by atoms with van der Waals surface area (Å²) in [5, 5.41) is 0.753. The topological polar surface area (TPSA) is 17.8 Å². The second kappa shape index (κ2) is 5.53. The van der Waals surface area contributed by atoms with Crippen molar-refractivity contribution in [3.05, 3.63) is 53.1 Å². The van der Waals surface area contributed by atoms with Crippen molar-refractivity contribution in [2.45, 2.75) is 27.3 Å². The van der Waals surface area contributed by atoms with Crippen LogP contribution in [0.1, 0.15) is 19.4 Å². The molecule has 0 bridgehead atoms. The first-order valence-corrected chi connectivity index (χ1v) is 7.66. The molecule has 0 radical (unpaired) electrons. The first-order valence-electron chi connectivity index (χ1n) is 7.28. The molecule has 0 atom stereocenters. The Kier molecular flexibility index (Phi) is 3.73. The molecule has 3 rings (SSSR count). The molecule has 108 valence electrons. The molecule has 0 saturated heterocycles. The Labute approximate surface area is 130 Å². The predicted octanol–water partition coefficient (Wildman–Crippen LogP) is 5.32. The monoisotopic (exact) mass is 298 g/mol. The summed E-state index contributed by atoms with van der Waals surface area (Å²) in [4.78, 5) is 4.84. The molecule has 0 unspecified atom stereocenters. The minimum Gasteiger partial charge on any atom is -0.324 e. The van der Waals surface area contributed by atoms with E-state index in [1.807, 2.05) is 18.2 Å². The van der Waals surface area contributed by atoms with Crippen molar-refractivity contribution >= 4 is 22.6 Å². The van der Waals surface area contributed by atoms with Crippen LogP contribution >= 0.6 is 11.6 Å². The molecule has 0 aliphatic carbocycles. The molecule has 1 aromatic heterocycles. The fourth-order valence-corrected chi connectivity index (χ4v) is 2.84. The smallest absolute Gasteiger partial charge is 0.141 e. The summed E-state index contributed by atoms with van der Waals surface area (Å²) in [5.41, 5.74) is 4.53. The van der Waals surface area contributed by atoms with Gasteiger partial charge in [0.2, 0.25) is 0 Å². The van der Waals surface area contributed by atoms with Gasteiger partial charge in [-0.3, -0.25) is 0 Å². The van der Waals surface area contributed by atoms with Gasteiger partial charge in [-0.05, 0) is 36.6 Å². The van der Waals surface area contributed by atoms with E-state index < -0.39 is 0 Å². The highest BCUT2D eigenvalue weighted by molar-refractivity contribution is 6.31. The average Bonchev–Trinajstić information content (AvgIpc) is 2.77. The Hall–Kier alpha value is -1.80. The van der Waals surface area contributed by atoms with Crippen LogP contribution in [0.5, 0.6) is 0 Å². The van der Waals surface area contributed by atoms with Crippen LogP contribution in [0.15, 0.2) is 42.5 Å². The summed E-state index contributed by atoms with van der Waals surface area (Å²) >= 11 is 6.17. The van der Waals surface area contributed by atoms with Crippen molar-refractivity contribution < 1.29 is 0 Å². The maximum atomic E-state index is 6.17. The molecule has 21 heavy (non-hydrogen) atoms. The Morgan fingerprint density at radius 2 is 1.90 bits per heavy atom. The number of imidazole rings is 1. The summed E-state index contributed by atoms with van der Waals surface area (Å²) in [6, 6.07) is 14.3. The van der Waals surface area contributed by atoms with Gasteiger partial charge in [-0.1, -0.05) is 49.7 Å². The van der Waals surface area contributed by atoms with Gasteiger partial charge in [0.25, 0.3) is 0 Å². The van der Waals surface area contributed by atoms with Crippen molar-refractivity contribution in [2.24, 2.45) is 5.92 Å². The Morgan fingerprint density at radius 3 is 2.62 bits per heavy atom. The van der Waals surface area contributed by atoms with Crippen molar-refractivity contribution in [1.29, 1.82) is 0 Å². The quantitative estimate of drug-likeness (QED) is 0.640. The van der Waals surface area contributed by atoms with Crippen LogP contribution in [0.4, 0.5) is 0 Å². The first kappa shape index (κ1) is 14.2. The third kappa shape index (κ3) is 2.68.